The largest absolute Gasteiger partial charge is 0.394 e. The lowest BCUT2D eigenvalue weighted by atomic mass is 9.93. The zero-order valence-corrected chi connectivity index (χ0v) is 15.7. The highest BCUT2D eigenvalue weighted by Crippen LogP contribution is 2.36. The molecule has 1 fully saturated rings. The number of aliphatic hydroxyl groups is 1. The topological polar surface area (TPSA) is 44.7 Å². The second-order valence-electron chi connectivity index (χ2n) is 6.82. The van der Waals surface area contributed by atoms with Crippen LogP contribution in [-0.4, -0.2) is 54.3 Å². The quantitative estimate of drug-likeness (QED) is 0.588. The first kappa shape index (κ1) is 19.4. The van der Waals surface area contributed by atoms with Crippen molar-refractivity contribution in [1.82, 2.24) is 10.2 Å². The average Bonchev–Trinajstić information content (AvgIpc) is 2.64. The standard InChI is InChI=1S/C20H26ClFN2O2/c1-14-11-23-12-19(15-5-7-17(22)8-6-15)24(14)18-4-2-3-16(20(18)21)13-26-10-9-25/h2-8,14,16,19-20,23,25H,9-13H2,1H3/t14-,16?,19+,20?/m1/s1. The van der Waals surface area contributed by atoms with Crippen molar-refractivity contribution in [3.8, 4) is 0 Å². The highest BCUT2D eigenvalue weighted by molar-refractivity contribution is 6.22. The average molecular weight is 381 g/mol. The van der Waals surface area contributed by atoms with Crippen LogP contribution in [0.1, 0.15) is 18.5 Å². The Balaban J connectivity index is 1.82. The van der Waals surface area contributed by atoms with Gasteiger partial charge in [-0.15, -0.1) is 11.6 Å². The molecule has 0 saturated carbocycles. The maximum absolute atomic E-state index is 13.3. The van der Waals surface area contributed by atoms with Gasteiger partial charge < -0.3 is 20.1 Å². The molecular formula is C20H26ClFN2O2. The molecule has 3 rings (SSSR count). The van der Waals surface area contributed by atoms with E-state index in [-0.39, 0.29) is 35.8 Å². The van der Waals surface area contributed by atoms with E-state index in [4.69, 9.17) is 21.4 Å². The van der Waals surface area contributed by atoms with Crippen molar-refractivity contribution < 1.29 is 14.2 Å². The van der Waals surface area contributed by atoms with Crippen LogP contribution in [0.3, 0.4) is 0 Å². The molecule has 2 N–H and O–H groups in total. The molecule has 0 amide bonds. The predicted molar refractivity (Wildman–Crippen MR) is 102 cm³/mol. The Labute approximate surface area is 159 Å². The van der Waals surface area contributed by atoms with Crippen molar-refractivity contribution in [1.29, 1.82) is 0 Å². The number of hydrogen-bond donors (Lipinski definition) is 2. The summed E-state index contributed by atoms with van der Waals surface area (Å²) in [4.78, 5) is 2.35. The van der Waals surface area contributed by atoms with Gasteiger partial charge in [-0.05, 0) is 30.7 Å². The van der Waals surface area contributed by atoms with Crippen LogP contribution >= 0.6 is 11.6 Å². The predicted octanol–water partition coefficient (Wildman–Crippen LogP) is 2.85. The first-order valence-electron chi connectivity index (χ1n) is 9.07. The van der Waals surface area contributed by atoms with Gasteiger partial charge in [0.15, 0.2) is 0 Å². The van der Waals surface area contributed by atoms with Crippen molar-refractivity contribution in [2.24, 2.45) is 5.92 Å². The van der Waals surface area contributed by atoms with E-state index in [9.17, 15) is 4.39 Å². The van der Waals surface area contributed by atoms with Gasteiger partial charge in [0.05, 0.1) is 31.2 Å². The van der Waals surface area contributed by atoms with Crippen molar-refractivity contribution in [2.75, 3.05) is 32.9 Å². The van der Waals surface area contributed by atoms with Crippen LogP contribution in [0.2, 0.25) is 0 Å². The van der Waals surface area contributed by atoms with Gasteiger partial charge in [-0.25, -0.2) is 4.39 Å². The highest BCUT2D eigenvalue weighted by atomic mass is 35.5. The summed E-state index contributed by atoms with van der Waals surface area (Å²) in [5.41, 5.74) is 2.13. The Hall–Kier alpha value is -1.40. The summed E-state index contributed by atoms with van der Waals surface area (Å²) < 4.78 is 18.8. The van der Waals surface area contributed by atoms with Crippen LogP contribution in [-0.2, 0) is 4.74 Å². The Bertz CT molecular complexity index is 650. The monoisotopic (exact) mass is 380 g/mol. The van der Waals surface area contributed by atoms with Crippen LogP contribution < -0.4 is 5.32 Å². The van der Waals surface area contributed by atoms with Crippen molar-refractivity contribution >= 4 is 11.6 Å². The van der Waals surface area contributed by atoms with E-state index >= 15 is 0 Å². The first-order valence-corrected chi connectivity index (χ1v) is 9.51. The molecule has 4 atom stereocenters. The molecule has 0 aromatic heterocycles. The third kappa shape index (κ3) is 4.29. The zero-order chi connectivity index (χ0) is 18.5. The van der Waals surface area contributed by atoms with Crippen LogP contribution in [0.15, 0.2) is 48.2 Å². The molecule has 1 aliphatic heterocycles. The molecule has 1 saturated heterocycles. The Morgan fingerprint density at radius 1 is 1.31 bits per heavy atom. The Morgan fingerprint density at radius 2 is 2.08 bits per heavy atom. The number of nitrogens with one attached hydrogen (secondary N) is 1. The minimum absolute atomic E-state index is 0.00749. The molecule has 1 heterocycles. The van der Waals surface area contributed by atoms with E-state index in [1.807, 2.05) is 18.2 Å². The summed E-state index contributed by atoms with van der Waals surface area (Å²) in [7, 11) is 0. The highest BCUT2D eigenvalue weighted by Gasteiger charge is 2.35. The minimum Gasteiger partial charge on any atom is -0.394 e. The number of halogens is 2. The molecule has 0 spiro atoms. The fraction of sp³-hybridized carbons (Fsp3) is 0.500. The van der Waals surface area contributed by atoms with Gasteiger partial charge in [0.1, 0.15) is 5.82 Å². The zero-order valence-electron chi connectivity index (χ0n) is 14.9. The molecule has 26 heavy (non-hydrogen) atoms. The van der Waals surface area contributed by atoms with E-state index in [0.29, 0.717) is 13.2 Å². The van der Waals surface area contributed by atoms with Crippen molar-refractivity contribution in [2.45, 2.75) is 24.4 Å². The fourth-order valence-electron chi connectivity index (χ4n) is 3.69. The van der Waals surface area contributed by atoms with Gasteiger partial charge >= 0.3 is 0 Å². The lowest BCUT2D eigenvalue weighted by Crippen LogP contribution is -2.53. The lowest BCUT2D eigenvalue weighted by molar-refractivity contribution is 0.0726. The van der Waals surface area contributed by atoms with E-state index in [2.05, 4.69) is 29.3 Å². The number of nitrogens with zero attached hydrogens (tertiary/aromatic N) is 1. The number of rotatable bonds is 6. The SMILES string of the molecule is C[C@@H]1CNC[C@@H](c2ccc(F)cc2)N1C1=CC=CC(COCCO)C1Cl. The molecule has 2 unspecified atom stereocenters. The van der Waals surface area contributed by atoms with E-state index in [1.54, 1.807) is 0 Å². The third-order valence-electron chi connectivity index (χ3n) is 4.97. The summed E-state index contributed by atoms with van der Waals surface area (Å²) >= 11 is 6.82. The number of benzene rings is 1. The molecule has 6 heteroatoms. The van der Waals surface area contributed by atoms with Crippen molar-refractivity contribution in [3.63, 3.8) is 0 Å². The van der Waals surface area contributed by atoms with Gasteiger partial charge in [0.2, 0.25) is 0 Å². The van der Waals surface area contributed by atoms with Gasteiger partial charge in [-0.2, -0.15) is 0 Å². The summed E-state index contributed by atoms with van der Waals surface area (Å²) in [6, 6.07) is 7.06. The lowest BCUT2D eigenvalue weighted by Gasteiger charge is -2.46. The Morgan fingerprint density at radius 3 is 2.81 bits per heavy atom. The summed E-state index contributed by atoms with van der Waals surface area (Å²) in [5, 5.41) is 12.2. The molecular weight excluding hydrogens is 355 g/mol. The smallest absolute Gasteiger partial charge is 0.123 e. The van der Waals surface area contributed by atoms with Gasteiger partial charge in [-0.3, -0.25) is 0 Å². The number of aliphatic hydroxyl groups excluding tert-OH is 1. The number of hydrogen-bond acceptors (Lipinski definition) is 4. The maximum atomic E-state index is 13.3. The molecule has 142 valence electrons. The molecule has 1 aromatic carbocycles. The normalized spacial score (nSPS) is 28.9. The number of piperazine rings is 1. The number of alkyl halides is 1. The van der Waals surface area contributed by atoms with Gasteiger partial charge in [-0.1, -0.05) is 24.3 Å². The van der Waals surface area contributed by atoms with Crippen LogP contribution in [0.4, 0.5) is 4.39 Å². The third-order valence-corrected chi connectivity index (χ3v) is 5.52. The molecule has 2 aliphatic rings. The van der Waals surface area contributed by atoms with Crippen LogP contribution in [0, 0.1) is 11.7 Å². The molecule has 0 bridgehead atoms. The second kappa shape index (κ2) is 9.00. The summed E-state index contributed by atoms with van der Waals surface area (Å²) in [6.07, 6.45) is 6.15. The first-order chi connectivity index (χ1) is 12.6. The van der Waals surface area contributed by atoms with Crippen molar-refractivity contribution in [3.05, 3.63) is 59.6 Å². The van der Waals surface area contributed by atoms with Crippen LogP contribution in [0.5, 0.6) is 0 Å². The molecule has 1 aromatic rings. The second-order valence-corrected chi connectivity index (χ2v) is 7.29. The fourth-order valence-corrected chi connectivity index (χ4v) is 4.03. The molecule has 0 radical (unpaired) electrons. The maximum Gasteiger partial charge on any atom is 0.123 e. The van der Waals surface area contributed by atoms with E-state index in [0.717, 1.165) is 24.4 Å². The minimum atomic E-state index is -0.228. The van der Waals surface area contributed by atoms with E-state index in [1.165, 1.54) is 12.1 Å². The van der Waals surface area contributed by atoms with E-state index < -0.39 is 0 Å². The molecule has 4 nitrogen and oxygen atoms in total. The number of allylic oxidation sites excluding steroid dienone is 3. The summed E-state index contributed by atoms with van der Waals surface area (Å²) in [6.45, 7) is 4.62. The van der Waals surface area contributed by atoms with Gasteiger partial charge in [0, 0.05) is 30.7 Å². The Kier molecular flexibility index (Phi) is 6.70. The summed E-state index contributed by atoms with van der Waals surface area (Å²) in [5.74, 6) is -0.174. The van der Waals surface area contributed by atoms with Crippen LogP contribution in [0.25, 0.3) is 0 Å². The van der Waals surface area contributed by atoms with Gasteiger partial charge in [0.25, 0.3) is 0 Å². The molecule has 1 aliphatic carbocycles. The number of ether oxygens (including phenoxy) is 1.